The summed E-state index contributed by atoms with van der Waals surface area (Å²) in [6, 6.07) is 8.90. The molecule has 29 heavy (non-hydrogen) atoms. The number of hydrogen-bond donors (Lipinski definition) is 1. The fourth-order valence-corrected chi connectivity index (χ4v) is 3.77. The molecule has 1 aromatic heterocycles. The molecule has 2 heterocycles. The van der Waals surface area contributed by atoms with Crippen LogP contribution in [0.25, 0.3) is 0 Å². The number of carbonyl (C=O) groups is 1. The molecule has 154 valence electrons. The van der Waals surface area contributed by atoms with Crippen molar-refractivity contribution in [3.63, 3.8) is 0 Å². The van der Waals surface area contributed by atoms with E-state index in [0.717, 1.165) is 20.9 Å². The Balaban J connectivity index is 1.99. The second-order valence-electron chi connectivity index (χ2n) is 6.44. The van der Waals surface area contributed by atoms with Crippen molar-refractivity contribution in [2.24, 2.45) is 19.1 Å². The van der Waals surface area contributed by atoms with Gasteiger partial charge in [0.05, 0.1) is 24.7 Å². The van der Waals surface area contributed by atoms with Gasteiger partial charge in [0.2, 0.25) is 11.8 Å². The van der Waals surface area contributed by atoms with Crippen molar-refractivity contribution in [2.45, 2.75) is 0 Å². The average molecular weight is 418 g/mol. The maximum Gasteiger partial charge on any atom is 0.333 e. The largest absolute Gasteiger partial charge is 0.494 e. The number of rotatable bonds is 4. The maximum absolute atomic E-state index is 12.7. The van der Waals surface area contributed by atoms with Gasteiger partial charge in [-0.05, 0) is 12.1 Å². The van der Waals surface area contributed by atoms with Gasteiger partial charge in [-0.2, -0.15) is 0 Å². The number of amides is 1. The molecule has 0 bridgehead atoms. The Morgan fingerprint density at radius 3 is 2.45 bits per heavy atom. The van der Waals surface area contributed by atoms with Crippen molar-refractivity contribution in [2.75, 3.05) is 32.1 Å². The van der Waals surface area contributed by atoms with Crippen molar-refractivity contribution in [1.82, 2.24) is 14.0 Å². The summed E-state index contributed by atoms with van der Waals surface area (Å²) < 4.78 is 7.14. The molecular weight excluding hydrogens is 396 g/mol. The van der Waals surface area contributed by atoms with E-state index < -0.39 is 17.1 Å². The second-order valence-corrected chi connectivity index (χ2v) is 7.40. The van der Waals surface area contributed by atoms with Gasteiger partial charge in [0.1, 0.15) is 10.6 Å². The summed E-state index contributed by atoms with van der Waals surface area (Å²) in [5.74, 6) is -0.559. The van der Waals surface area contributed by atoms with Gasteiger partial charge in [0.15, 0.2) is 0 Å². The highest BCUT2D eigenvalue weighted by atomic mass is 32.2. The Morgan fingerprint density at radius 2 is 1.79 bits per heavy atom. The molecule has 1 aromatic carbocycles. The highest BCUT2D eigenvalue weighted by Gasteiger charge is 2.23. The first-order chi connectivity index (χ1) is 13.9. The SMILES string of the molecule is Cn1c(O)c(C(=Nc2ccccc2)SCC(=O)N2CCOCC2)c(=O)n(C)c1=O. The van der Waals surface area contributed by atoms with Crippen LogP contribution in [0.3, 0.4) is 0 Å². The van der Waals surface area contributed by atoms with E-state index in [2.05, 4.69) is 4.99 Å². The molecule has 2 aromatic rings. The molecule has 10 heteroatoms. The lowest BCUT2D eigenvalue weighted by Gasteiger charge is -2.26. The molecule has 0 saturated carbocycles. The van der Waals surface area contributed by atoms with Crippen molar-refractivity contribution in [3.8, 4) is 5.88 Å². The third-order valence-electron chi connectivity index (χ3n) is 4.53. The van der Waals surface area contributed by atoms with Crippen LogP contribution in [0.4, 0.5) is 5.69 Å². The van der Waals surface area contributed by atoms with E-state index in [1.807, 2.05) is 6.07 Å². The number of aliphatic imine (C=N–C) groups is 1. The fourth-order valence-electron chi connectivity index (χ4n) is 2.83. The predicted molar refractivity (Wildman–Crippen MR) is 111 cm³/mol. The van der Waals surface area contributed by atoms with Crippen LogP contribution in [-0.4, -0.2) is 62.1 Å². The zero-order valence-electron chi connectivity index (χ0n) is 16.2. The van der Waals surface area contributed by atoms with E-state index in [1.54, 1.807) is 29.2 Å². The molecule has 0 atom stereocenters. The van der Waals surface area contributed by atoms with Crippen LogP contribution in [0.15, 0.2) is 44.9 Å². The summed E-state index contributed by atoms with van der Waals surface area (Å²) in [4.78, 5) is 43.5. The van der Waals surface area contributed by atoms with E-state index in [0.29, 0.717) is 32.0 Å². The van der Waals surface area contributed by atoms with Crippen LogP contribution in [-0.2, 0) is 23.6 Å². The minimum Gasteiger partial charge on any atom is -0.494 e. The Hall–Kier alpha value is -2.85. The molecule has 9 nitrogen and oxygen atoms in total. The van der Waals surface area contributed by atoms with Gasteiger partial charge in [0, 0.05) is 27.2 Å². The van der Waals surface area contributed by atoms with Crippen LogP contribution < -0.4 is 11.2 Å². The van der Waals surface area contributed by atoms with Gasteiger partial charge in [-0.25, -0.2) is 9.79 Å². The summed E-state index contributed by atoms with van der Waals surface area (Å²) in [7, 11) is 2.70. The number of hydrogen-bond acceptors (Lipinski definition) is 7. The molecule has 1 fully saturated rings. The molecule has 1 aliphatic rings. The number of carbonyl (C=O) groups excluding carboxylic acids is 1. The number of morpholine rings is 1. The van der Waals surface area contributed by atoms with Crippen LogP contribution in [0.5, 0.6) is 5.88 Å². The number of aromatic nitrogens is 2. The smallest absolute Gasteiger partial charge is 0.333 e. The summed E-state index contributed by atoms with van der Waals surface area (Å²) in [5, 5.41) is 10.7. The van der Waals surface area contributed by atoms with Gasteiger partial charge >= 0.3 is 5.69 Å². The molecule has 0 aliphatic carbocycles. The zero-order chi connectivity index (χ0) is 21.0. The monoisotopic (exact) mass is 418 g/mol. The summed E-state index contributed by atoms with van der Waals surface area (Å²) in [5.41, 5.74) is -0.876. The second kappa shape index (κ2) is 9.10. The topological polar surface area (TPSA) is 106 Å². The Bertz CT molecular complexity index is 1040. The van der Waals surface area contributed by atoms with Gasteiger partial charge in [0.25, 0.3) is 5.56 Å². The van der Waals surface area contributed by atoms with Crippen LogP contribution in [0.1, 0.15) is 5.56 Å². The molecular formula is C19H22N4O5S. The highest BCUT2D eigenvalue weighted by molar-refractivity contribution is 8.15. The van der Waals surface area contributed by atoms with E-state index in [-0.39, 0.29) is 22.3 Å². The van der Waals surface area contributed by atoms with E-state index in [1.165, 1.54) is 14.1 Å². The summed E-state index contributed by atoms with van der Waals surface area (Å²) in [6.07, 6.45) is 0. The minimum atomic E-state index is -0.674. The number of benzene rings is 1. The molecule has 0 unspecified atom stereocenters. The van der Waals surface area contributed by atoms with Crippen molar-refractivity contribution >= 4 is 28.4 Å². The van der Waals surface area contributed by atoms with E-state index in [4.69, 9.17) is 4.74 Å². The normalized spacial score (nSPS) is 14.8. The lowest BCUT2D eigenvalue weighted by molar-refractivity contribution is -0.132. The van der Waals surface area contributed by atoms with Crippen LogP contribution in [0, 0.1) is 0 Å². The average Bonchev–Trinajstić information content (AvgIpc) is 2.75. The number of ether oxygens (including phenoxy) is 1. The Kier molecular flexibility index (Phi) is 6.55. The van der Waals surface area contributed by atoms with Crippen LogP contribution >= 0.6 is 11.8 Å². The van der Waals surface area contributed by atoms with Gasteiger partial charge in [-0.3, -0.25) is 18.7 Å². The lowest BCUT2D eigenvalue weighted by atomic mass is 10.3. The van der Waals surface area contributed by atoms with Crippen molar-refractivity contribution in [1.29, 1.82) is 0 Å². The van der Waals surface area contributed by atoms with Gasteiger partial charge in [-0.15, -0.1) is 0 Å². The zero-order valence-corrected chi connectivity index (χ0v) is 17.0. The van der Waals surface area contributed by atoms with E-state index >= 15 is 0 Å². The minimum absolute atomic E-state index is 0.0388. The highest BCUT2D eigenvalue weighted by Crippen LogP contribution is 2.23. The number of para-hydroxylation sites is 1. The molecule has 1 aliphatic heterocycles. The number of aromatic hydroxyl groups is 1. The molecule has 1 saturated heterocycles. The summed E-state index contributed by atoms with van der Waals surface area (Å²) in [6.45, 7) is 2.00. The first kappa shape index (κ1) is 20.9. The maximum atomic E-state index is 12.7. The van der Waals surface area contributed by atoms with Crippen molar-refractivity contribution < 1.29 is 14.6 Å². The number of thioether (sulfide) groups is 1. The molecule has 3 rings (SSSR count). The van der Waals surface area contributed by atoms with E-state index in [9.17, 15) is 19.5 Å². The fraction of sp³-hybridized carbons (Fsp3) is 0.368. The molecule has 0 radical (unpaired) electrons. The first-order valence-electron chi connectivity index (χ1n) is 9.01. The lowest BCUT2D eigenvalue weighted by Crippen LogP contribution is -2.42. The van der Waals surface area contributed by atoms with Crippen LogP contribution in [0.2, 0.25) is 0 Å². The van der Waals surface area contributed by atoms with Crippen molar-refractivity contribution in [3.05, 3.63) is 56.7 Å². The standard InChI is InChI=1S/C19H22N4O5S/c1-21-17(25)15(18(26)22(2)19(21)27)16(20-13-6-4-3-5-7-13)29-12-14(24)23-8-10-28-11-9-23/h3-7,25H,8-12H2,1-2H3. The quantitative estimate of drug-likeness (QED) is 0.571. The molecule has 0 spiro atoms. The molecule has 1 N–H and O–H groups in total. The molecule has 1 amide bonds. The Labute approximate surface area is 171 Å². The summed E-state index contributed by atoms with van der Waals surface area (Å²) >= 11 is 1.05. The number of nitrogens with zero attached hydrogens (tertiary/aromatic N) is 4. The Morgan fingerprint density at radius 1 is 1.14 bits per heavy atom. The predicted octanol–water partition coefficient (Wildman–Crippen LogP) is 0.460. The first-order valence-corrected chi connectivity index (χ1v) is 10.00. The third kappa shape index (κ3) is 4.60. The van der Waals surface area contributed by atoms with Gasteiger partial charge < -0.3 is 14.7 Å². The van der Waals surface area contributed by atoms with Gasteiger partial charge in [-0.1, -0.05) is 30.0 Å². The third-order valence-corrected chi connectivity index (χ3v) is 5.49.